The Bertz CT molecular complexity index is 1580. The van der Waals surface area contributed by atoms with Crippen molar-refractivity contribution in [3.05, 3.63) is 70.4 Å². The molecule has 1 atom stereocenters. The summed E-state index contributed by atoms with van der Waals surface area (Å²) in [5.41, 5.74) is 9.36. The van der Waals surface area contributed by atoms with Gasteiger partial charge in [0.1, 0.15) is 18.0 Å². The Hall–Kier alpha value is -4.61. The lowest BCUT2D eigenvalue weighted by Crippen LogP contribution is -2.56. The second-order valence-electron chi connectivity index (χ2n) is 11.5. The predicted molar refractivity (Wildman–Crippen MR) is 188 cm³/mol. The summed E-state index contributed by atoms with van der Waals surface area (Å²) in [6.07, 6.45) is 3.04. The van der Waals surface area contributed by atoms with E-state index in [-0.39, 0.29) is 37.3 Å². The lowest BCUT2D eigenvalue weighted by atomic mass is 10.1. The van der Waals surface area contributed by atoms with Crippen LogP contribution in [0.25, 0.3) is 21.5 Å². The van der Waals surface area contributed by atoms with Crippen molar-refractivity contribution in [3.63, 3.8) is 0 Å². The summed E-state index contributed by atoms with van der Waals surface area (Å²) in [6, 6.07) is 10.3. The first kappa shape index (κ1) is 40.2. The molecule has 1 aromatic carbocycles. The van der Waals surface area contributed by atoms with Crippen molar-refractivity contribution in [2.24, 2.45) is 5.11 Å². The highest BCUT2D eigenvalue weighted by Crippen LogP contribution is 2.28. The van der Waals surface area contributed by atoms with E-state index >= 15 is 0 Å². The van der Waals surface area contributed by atoms with Gasteiger partial charge in [-0.1, -0.05) is 23.3 Å². The molecular formula is C35H47N7O10. The van der Waals surface area contributed by atoms with Crippen LogP contribution in [-0.4, -0.2) is 155 Å². The number of azide groups is 1. The highest BCUT2D eigenvalue weighted by Gasteiger charge is 2.34. The Kier molecular flexibility index (Phi) is 17.8. The van der Waals surface area contributed by atoms with Crippen molar-refractivity contribution in [2.75, 3.05) is 112 Å². The number of fused-ring (bicyclic) bond motifs is 1. The molecule has 0 spiro atoms. The first-order chi connectivity index (χ1) is 25.5. The van der Waals surface area contributed by atoms with Crippen LogP contribution in [0.15, 0.2) is 53.9 Å². The SMILES string of the molecule is C[C@@H]1CN(C(=O)c2ccccc2)CCN1C(=O)C(=O)c1c[nH]c2nccc(OCCOCCOCCOCCOCCOCCOCCN=[N+]=[N-])c12. The number of H-pyrrole nitrogens is 1. The van der Waals surface area contributed by atoms with Crippen LogP contribution < -0.4 is 4.74 Å². The number of nitrogens with zero attached hydrogens (tertiary/aromatic N) is 6. The van der Waals surface area contributed by atoms with Crippen LogP contribution in [0, 0.1) is 0 Å². The van der Waals surface area contributed by atoms with Crippen LogP contribution >= 0.6 is 0 Å². The van der Waals surface area contributed by atoms with Gasteiger partial charge >= 0.3 is 0 Å². The lowest BCUT2D eigenvalue weighted by molar-refractivity contribution is -0.130. The molecule has 1 aliphatic rings. The first-order valence-electron chi connectivity index (χ1n) is 17.3. The third kappa shape index (κ3) is 12.9. The summed E-state index contributed by atoms with van der Waals surface area (Å²) in [4.78, 5) is 52.9. The second kappa shape index (κ2) is 23.1. The molecule has 0 saturated carbocycles. The molecule has 2 aromatic heterocycles. The van der Waals surface area contributed by atoms with Crippen LogP contribution in [0.4, 0.5) is 0 Å². The number of nitrogens with one attached hydrogen (secondary N) is 1. The largest absolute Gasteiger partial charge is 0.490 e. The monoisotopic (exact) mass is 725 g/mol. The number of amides is 2. The fraction of sp³-hybridized carbons (Fsp3) is 0.543. The maximum absolute atomic E-state index is 13.5. The molecule has 3 heterocycles. The number of hydrogen-bond donors (Lipinski definition) is 1. The van der Waals surface area contributed by atoms with Crippen LogP contribution in [0.5, 0.6) is 5.75 Å². The van der Waals surface area contributed by atoms with Gasteiger partial charge in [-0.3, -0.25) is 14.4 Å². The van der Waals surface area contributed by atoms with Gasteiger partial charge in [-0.05, 0) is 30.7 Å². The highest BCUT2D eigenvalue weighted by atomic mass is 16.6. The van der Waals surface area contributed by atoms with Crippen molar-refractivity contribution < 1.29 is 47.5 Å². The van der Waals surface area contributed by atoms with Crippen molar-refractivity contribution in [3.8, 4) is 5.75 Å². The number of carbonyl (C=O) groups is 3. The molecule has 2 amide bonds. The minimum atomic E-state index is -0.673. The zero-order valence-electron chi connectivity index (χ0n) is 29.5. The molecule has 0 unspecified atom stereocenters. The molecule has 1 aliphatic heterocycles. The number of pyridine rings is 1. The van der Waals surface area contributed by atoms with Gasteiger partial charge in [0.25, 0.3) is 17.6 Å². The summed E-state index contributed by atoms with van der Waals surface area (Å²) in [5, 5.41) is 3.80. The van der Waals surface area contributed by atoms with Crippen LogP contribution in [0.2, 0.25) is 0 Å². The Morgan fingerprint density at radius 1 is 0.827 bits per heavy atom. The molecule has 52 heavy (non-hydrogen) atoms. The molecule has 1 fully saturated rings. The summed E-state index contributed by atoms with van der Waals surface area (Å²) >= 11 is 0. The molecule has 0 radical (unpaired) electrons. The summed E-state index contributed by atoms with van der Waals surface area (Å²) < 4.78 is 38.6. The van der Waals surface area contributed by atoms with E-state index in [0.717, 1.165) is 0 Å². The van der Waals surface area contributed by atoms with Crippen molar-refractivity contribution in [2.45, 2.75) is 13.0 Å². The minimum absolute atomic E-state index is 0.102. The van der Waals surface area contributed by atoms with E-state index in [1.807, 2.05) is 25.1 Å². The van der Waals surface area contributed by atoms with Gasteiger partial charge < -0.3 is 47.9 Å². The number of ether oxygens (including phenoxy) is 7. The molecule has 0 aliphatic carbocycles. The normalized spacial score (nSPS) is 14.4. The first-order valence-corrected chi connectivity index (χ1v) is 17.3. The third-order valence-corrected chi connectivity index (χ3v) is 7.91. The van der Waals surface area contributed by atoms with Gasteiger partial charge in [0.2, 0.25) is 0 Å². The van der Waals surface area contributed by atoms with E-state index in [1.54, 1.807) is 29.3 Å². The molecule has 3 aromatic rings. The van der Waals surface area contributed by atoms with E-state index in [0.29, 0.717) is 115 Å². The van der Waals surface area contributed by atoms with Gasteiger partial charge in [-0.15, -0.1) is 0 Å². The maximum atomic E-state index is 13.5. The zero-order chi connectivity index (χ0) is 36.8. The van der Waals surface area contributed by atoms with E-state index in [2.05, 4.69) is 20.0 Å². The van der Waals surface area contributed by atoms with Crippen molar-refractivity contribution in [1.29, 1.82) is 0 Å². The van der Waals surface area contributed by atoms with E-state index in [9.17, 15) is 14.4 Å². The number of benzene rings is 1. The highest BCUT2D eigenvalue weighted by molar-refractivity contribution is 6.45. The van der Waals surface area contributed by atoms with Crippen LogP contribution in [-0.2, 0) is 33.2 Å². The average Bonchev–Trinajstić information content (AvgIpc) is 3.61. The van der Waals surface area contributed by atoms with Gasteiger partial charge in [-0.25, -0.2) is 4.98 Å². The number of aromatic nitrogens is 2. The molecule has 4 rings (SSSR count). The molecule has 1 N–H and O–H groups in total. The van der Waals surface area contributed by atoms with Gasteiger partial charge in [-0.2, -0.15) is 0 Å². The number of aromatic amines is 1. The molecule has 17 nitrogen and oxygen atoms in total. The molecule has 0 bridgehead atoms. The minimum Gasteiger partial charge on any atom is -0.490 e. The summed E-state index contributed by atoms with van der Waals surface area (Å²) in [6.45, 7) is 8.17. The fourth-order valence-corrected chi connectivity index (χ4v) is 5.34. The molecule has 17 heteroatoms. The standard InChI is InChI=1S/C35H47N7O10/c1-27-26-41(34(44)28-5-3-2-4-6-28)10-11-42(27)35(45)32(43)29-25-38-33-31(29)30(7-8-37-33)52-24-23-51-22-21-50-20-19-49-18-17-48-16-15-47-14-13-46-12-9-39-40-36/h2-8,25,27H,9-24,26H2,1H3,(H,37,38)/t27-/m1/s1. The fourth-order valence-electron chi connectivity index (χ4n) is 5.34. The number of piperazine rings is 1. The zero-order valence-corrected chi connectivity index (χ0v) is 29.5. The van der Waals surface area contributed by atoms with Crippen molar-refractivity contribution in [1.82, 2.24) is 19.8 Å². The number of ketones is 1. The summed E-state index contributed by atoms with van der Waals surface area (Å²) in [7, 11) is 0. The van der Waals surface area contributed by atoms with Gasteiger partial charge in [0, 0.05) is 55.1 Å². The quantitative estimate of drug-likeness (QED) is 0.0336. The Morgan fingerprint density at radius 2 is 1.40 bits per heavy atom. The smallest absolute Gasteiger partial charge is 0.295 e. The number of carbonyl (C=O) groups excluding carboxylic acids is 3. The Morgan fingerprint density at radius 3 is 1.98 bits per heavy atom. The van der Waals surface area contributed by atoms with Gasteiger partial charge in [0.15, 0.2) is 0 Å². The molecular weight excluding hydrogens is 678 g/mol. The second-order valence-corrected chi connectivity index (χ2v) is 11.5. The number of rotatable bonds is 25. The van der Waals surface area contributed by atoms with E-state index < -0.39 is 11.7 Å². The number of hydrogen-bond acceptors (Lipinski definition) is 12. The lowest BCUT2D eigenvalue weighted by Gasteiger charge is -2.39. The van der Waals surface area contributed by atoms with E-state index in [4.69, 9.17) is 38.7 Å². The van der Waals surface area contributed by atoms with Crippen LogP contribution in [0.3, 0.4) is 0 Å². The number of Topliss-reactive ketones (excluding diaryl/α,β-unsaturated/α-hetero) is 1. The Balaban J connectivity index is 1.06. The maximum Gasteiger partial charge on any atom is 0.295 e. The van der Waals surface area contributed by atoms with E-state index in [1.165, 1.54) is 11.1 Å². The summed E-state index contributed by atoms with van der Waals surface area (Å²) in [5.74, 6) is -1.01. The average molecular weight is 726 g/mol. The molecule has 1 saturated heterocycles. The topological polar surface area (TPSA) is 200 Å². The molecule has 282 valence electrons. The Labute approximate surface area is 302 Å². The van der Waals surface area contributed by atoms with Crippen LogP contribution in [0.1, 0.15) is 27.6 Å². The predicted octanol–water partition coefficient (Wildman–Crippen LogP) is 2.91. The van der Waals surface area contributed by atoms with Crippen molar-refractivity contribution >= 4 is 28.6 Å². The third-order valence-electron chi connectivity index (χ3n) is 7.91. The van der Waals surface area contributed by atoms with Gasteiger partial charge in [0.05, 0.1) is 90.2 Å².